The van der Waals surface area contributed by atoms with E-state index >= 15 is 0 Å². The molecule has 3 aliphatic carbocycles. The molecule has 5 aliphatic rings. The summed E-state index contributed by atoms with van der Waals surface area (Å²) in [6, 6.07) is 44.5. The van der Waals surface area contributed by atoms with Crippen LogP contribution in [0.1, 0.15) is 72.2 Å². The minimum Gasteiger partial charge on any atom is -0.350 e. The summed E-state index contributed by atoms with van der Waals surface area (Å²) in [5, 5.41) is 7.58. The highest BCUT2D eigenvalue weighted by molar-refractivity contribution is 6.02. The van der Waals surface area contributed by atoms with Gasteiger partial charge in [-0.05, 0) is 69.5 Å². The highest BCUT2D eigenvalue weighted by atomic mass is 15.3. The number of anilines is 2. The second kappa shape index (κ2) is 12.2. The SMILES string of the molecule is CC1(C)c2ccccc2-c2c1ccc1c2N(c2cccc(C3=NC(C4=CC=CCC4)NC(c4ccccc4)N3)c2)C2C=CC(c3ccccc3)=CC12. The van der Waals surface area contributed by atoms with E-state index in [0.717, 1.165) is 24.2 Å². The van der Waals surface area contributed by atoms with Crippen molar-refractivity contribution in [2.75, 3.05) is 4.90 Å². The maximum Gasteiger partial charge on any atom is 0.131 e. The van der Waals surface area contributed by atoms with Crippen LogP contribution in [0.5, 0.6) is 0 Å². The van der Waals surface area contributed by atoms with E-state index in [1.807, 2.05) is 0 Å². The first-order valence-corrected chi connectivity index (χ1v) is 18.7. The number of nitrogens with one attached hydrogen (secondary N) is 2. The van der Waals surface area contributed by atoms with Crippen LogP contribution < -0.4 is 15.5 Å². The Labute approximate surface area is 306 Å². The molecule has 5 aromatic carbocycles. The smallest absolute Gasteiger partial charge is 0.131 e. The van der Waals surface area contributed by atoms with Crippen molar-refractivity contribution in [3.05, 3.63) is 197 Å². The van der Waals surface area contributed by atoms with E-state index in [1.165, 1.54) is 61.5 Å². The molecule has 0 amide bonds. The Kier molecular flexibility index (Phi) is 7.29. The molecule has 254 valence electrons. The molecular formula is C48H42N4. The lowest BCUT2D eigenvalue weighted by molar-refractivity contribution is 0.425. The molecule has 0 bridgehead atoms. The van der Waals surface area contributed by atoms with Crippen LogP contribution in [0.3, 0.4) is 0 Å². The highest BCUT2D eigenvalue weighted by Crippen LogP contribution is 2.59. The number of hydrogen-bond donors (Lipinski definition) is 2. The van der Waals surface area contributed by atoms with Gasteiger partial charge in [-0.1, -0.05) is 159 Å². The molecule has 10 rings (SSSR count). The monoisotopic (exact) mass is 674 g/mol. The number of fused-ring (bicyclic) bond motifs is 7. The lowest BCUT2D eigenvalue weighted by atomic mass is 9.81. The van der Waals surface area contributed by atoms with Gasteiger partial charge in [0.15, 0.2) is 0 Å². The van der Waals surface area contributed by atoms with E-state index in [-0.39, 0.29) is 29.7 Å². The maximum atomic E-state index is 5.35. The third-order valence-corrected chi connectivity index (χ3v) is 11.7. The predicted octanol–water partition coefficient (Wildman–Crippen LogP) is 10.5. The summed E-state index contributed by atoms with van der Waals surface area (Å²) in [5.41, 5.74) is 15.5. The van der Waals surface area contributed by atoms with E-state index in [9.17, 15) is 0 Å². The Morgan fingerprint density at radius 2 is 1.58 bits per heavy atom. The molecule has 2 N–H and O–H groups in total. The third-order valence-electron chi connectivity index (χ3n) is 11.7. The molecule has 0 aromatic heterocycles. The minimum atomic E-state index is -0.100. The van der Waals surface area contributed by atoms with E-state index < -0.39 is 0 Å². The predicted molar refractivity (Wildman–Crippen MR) is 215 cm³/mol. The topological polar surface area (TPSA) is 39.7 Å². The average molecular weight is 675 g/mol. The molecule has 0 radical (unpaired) electrons. The van der Waals surface area contributed by atoms with Gasteiger partial charge in [0, 0.05) is 28.1 Å². The number of hydrogen-bond acceptors (Lipinski definition) is 4. The highest BCUT2D eigenvalue weighted by Gasteiger charge is 2.45. The second-order valence-corrected chi connectivity index (χ2v) is 15.1. The zero-order chi connectivity index (χ0) is 34.8. The van der Waals surface area contributed by atoms with Gasteiger partial charge in [0.2, 0.25) is 0 Å². The summed E-state index contributed by atoms with van der Waals surface area (Å²) >= 11 is 0. The third kappa shape index (κ3) is 4.97. The number of rotatable bonds is 5. The number of amidine groups is 1. The summed E-state index contributed by atoms with van der Waals surface area (Å²) in [7, 11) is 0. The first-order chi connectivity index (χ1) is 25.5. The van der Waals surface area contributed by atoms with Crippen molar-refractivity contribution in [1.29, 1.82) is 0 Å². The van der Waals surface area contributed by atoms with Crippen molar-refractivity contribution in [1.82, 2.24) is 10.6 Å². The molecule has 52 heavy (non-hydrogen) atoms. The normalized spacial score (nSPS) is 23.4. The van der Waals surface area contributed by atoms with Crippen LogP contribution in [0.2, 0.25) is 0 Å². The maximum absolute atomic E-state index is 5.35. The van der Waals surface area contributed by atoms with Crippen molar-refractivity contribution in [3.63, 3.8) is 0 Å². The van der Waals surface area contributed by atoms with Crippen LogP contribution in [-0.2, 0) is 5.41 Å². The van der Waals surface area contributed by atoms with E-state index in [2.05, 4.69) is 187 Å². The fraction of sp³-hybridized carbons (Fsp3) is 0.188. The Bertz CT molecular complexity index is 2360. The van der Waals surface area contributed by atoms with Crippen molar-refractivity contribution in [2.24, 2.45) is 4.99 Å². The lowest BCUT2D eigenvalue weighted by Crippen LogP contribution is -2.49. The lowest BCUT2D eigenvalue weighted by Gasteiger charge is -2.34. The Hall–Kier alpha value is -5.71. The van der Waals surface area contributed by atoms with Gasteiger partial charge in [0.25, 0.3) is 0 Å². The Morgan fingerprint density at radius 3 is 2.40 bits per heavy atom. The summed E-state index contributed by atoms with van der Waals surface area (Å²) < 4.78 is 0. The number of benzene rings is 5. The molecule has 4 heteroatoms. The molecule has 0 saturated heterocycles. The van der Waals surface area contributed by atoms with Gasteiger partial charge in [-0.3, -0.25) is 5.32 Å². The van der Waals surface area contributed by atoms with E-state index in [0.29, 0.717) is 0 Å². The zero-order valence-corrected chi connectivity index (χ0v) is 29.6. The van der Waals surface area contributed by atoms with Crippen LogP contribution in [0.25, 0.3) is 16.7 Å². The van der Waals surface area contributed by atoms with Gasteiger partial charge in [0.05, 0.1) is 11.7 Å². The van der Waals surface area contributed by atoms with E-state index in [1.54, 1.807) is 0 Å². The first kappa shape index (κ1) is 31.1. The number of nitrogens with zero attached hydrogens (tertiary/aromatic N) is 2. The minimum absolute atomic E-state index is 0.0594. The van der Waals surface area contributed by atoms with Crippen LogP contribution >= 0.6 is 0 Å². The first-order valence-electron chi connectivity index (χ1n) is 18.7. The van der Waals surface area contributed by atoms with Gasteiger partial charge in [-0.25, -0.2) is 4.99 Å². The van der Waals surface area contributed by atoms with Crippen LogP contribution in [0.15, 0.2) is 168 Å². The summed E-state index contributed by atoms with van der Waals surface area (Å²) in [5.74, 6) is 1.13. The van der Waals surface area contributed by atoms with Crippen LogP contribution in [-0.4, -0.2) is 18.0 Å². The van der Waals surface area contributed by atoms with Crippen molar-refractivity contribution >= 4 is 22.8 Å². The van der Waals surface area contributed by atoms with Gasteiger partial charge >= 0.3 is 0 Å². The zero-order valence-electron chi connectivity index (χ0n) is 29.6. The largest absolute Gasteiger partial charge is 0.350 e. The molecule has 5 aromatic rings. The standard InChI is InChI=1S/C48H42N4/c1-48(2)40-24-13-12-23-38(40)43-41(48)27-26-37-39-30-34(31-15-6-3-7-16-31)25-28-42(39)52(44(37)43)36-22-14-21-35(29-36)47-50-45(32-17-8-4-9-18-32)49-46(51-47)33-19-10-5-11-20-33/h3-10,12-19,21-30,39,42,45-46,49H,11,20H2,1-2H3,(H,50,51). The van der Waals surface area contributed by atoms with E-state index in [4.69, 9.17) is 4.99 Å². The van der Waals surface area contributed by atoms with Gasteiger partial charge < -0.3 is 10.2 Å². The Morgan fingerprint density at radius 1 is 0.788 bits per heavy atom. The van der Waals surface area contributed by atoms with Crippen molar-refractivity contribution in [2.45, 2.75) is 56.4 Å². The molecular weight excluding hydrogens is 633 g/mol. The summed E-state index contributed by atoms with van der Waals surface area (Å²) in [6.07, 6.45) is 15.8. The van der Waals surface area contributed by atoms with Gasteiger partial charge in [0.1, 0.15) is 18.2 Å². The fourth-order valence-corrected chi connectivity index (χ4v) is 9.15. The molecule has 0 fully saturated rings. The Balaban J connectivity index is 1.12. The second-order valence-electron chi connectivity index (χ2n) is 15.1. The van der Waals surface area contributed by atoms with Gasteiger partial charge in [-0.2, -0.15) is 0 Å². The van der Waals surface area contributed by atoms with Crippen molar-refractivity contribution in [3.8, 4) is 11.1 Å². The number of aliphatic imine (C=N–C) groups is 1. The fourth-order valence-electron chi connectivity index (χ4n) is 9.15. The number of allylic oxidation sites excluding steroid dienone is 5. The quantitative estimate of drug-likeness (QED) is 0.195. The average Bonchev–Trinajstić information content (AvgIpc) is 3.67. The van der Waals surface area contributed by atoms with Crippen molar-refractivity contribution < 1.29 is 0 Å². The molecule has 0 saturated carbocycles. The summed E-state index contributed by atoms with van der Waals surface area (Å²) in [6.45, 7) is 4.75. The molecule has 2 aliphatic heterocycles. The van der Waals surface area contributed by atoms with Crippen LogP contribution in [0, 0.1) is 0 Å². The molecule has 4 unspecified atom stereocenters. The molecule has 4 nitrogen and oxygen atoms in total. The van der Waals surface area contributed by atoms with Crippen LogP contribution in [0.4, 0.5) is 11.4 Å². The summed E-state index contributed by atoms with van der Waals surface area (Å²) in [4.78, 5) is 7.97. The molecule has 2 heterocycles. The van der Waals surface area contributed by atoms with Gasteiger partial charge in [-0.15, -0.1) is 0 Å². The molecule has 4 atom stereocenters. The molecule has 0 spiro atoms.